The second-order valence-corrected chi connectivity index (χ2v) is 8.63. The molecule has 0 bridgehead atoms. The van der Waals surface area contributed by atoms with Crippen LogP contribution in [0.25, 0.3) is 0 Å². The molecule has 7 heteroatoms. The highest BCUT2D eigenvalue weighted by molar-refractivity contribution is 7.89. The highest BCUT2D eigenvalue weighted by Gasteiger charge is 2.28. The number of carbonyl (C=O) groups is 1. The van der Waals surface area contributed by atoms with Crippen LogP contribution in [0.2, 0.25) is 0 Å². The number of likely N-dealkylation sites (N-methyl/N-ethyl adjacent to an activating group) is 1. The van der Waals surface area contributed by atoms with Crippen molar-refractivity contribution in [1.29, 1.82) is 0 Å². The van der Waals surface area contributed by atoms with E-state index in [4.69, 9.17) is 4.74 Å². The molecule has 27 heavy (non-hydrogen) atoms. The molecule has 2 aromatic rings. The summed E-state index contributed by atoms with van der Waals surface area (Å²) in [4.78, 5) is 14.7. The van der Waals surface area contributed by atoms with Crippen molar-refractivity contribution in [3.63, 3.8) is 0 Å². The first-order valence-corrected chi connectivity index (χ1v) is 10.4. The van der Waals surface area contributed by atoms with Gasteiger partial charge in [0.05, 0.1) is 10.5 Å². The van der Waals surface area contributed by atoms with E-state index in [1.54, 1.807) is 19.1 Å². The van der Waals surface area contributed by atoms with Crippen molar-refractivity contribution >= 4 is 16.0 Å². The zero-order valence-corrected chi connectivity index (χ0v) is 16.4. The van der Waals surface area contributed by atoms with Crippen LogP contribution in [-0.4, -0.2) is 56.8 Å². The highest BCUT2D eigenvalue weighted by Crippen LogP contribution is 2.22. The van der Waals surface area contributed by atoms with Crippen molar-refractivity contribution in [2.75, 3.05) is 33.2 Å². The first kappa shape index (κ1) is 19.5. The third-order valence-electron chi connectivity index (χ3n) is 4.72. The minimum absolute atomic E-state index is 0.119. The quantitative estimate of drug-likeness (QED) is 0.737. The molecule has 0 aliphatic carbocycles. The number of piperazine rings is 1. The van der Waals surface area contributed by atoms with Gasteiger partial charge in [-0.25, -0.2) is 13.2 Å². The van der Waals surface area contributed by atoms with Crippen LogP contribution in [0.1, 0.15) is 28.9 Å². The van der Waals surface area contributed by atoms with E-state index in [2.05, 4.69) is 4.90 Å². The van der Waals surface area contributed by atoms with Crippen LogP contribution in [0.5, 0.6) is 0 Å². The molecule has 0 aromatic heterocycles. The summed E-state index contributed by atoms with van der Waals surface area (Å²) in [5, 5.41) is 0. The third kappa shape index (κ3) is 4.55. The fourth-order valence-electron chi connectivity index (χ4n) is 2.98. The van der Waals surface area contributed by atoms with Gasteiger partial charge in [0.2, 0.25) is 10.0 Å². The number of hydrogen-bond acceptors (Lipinski definition) is 5. The van der Waals surface area contributed by atoms with Crippen LogP contribution in [0, 0.1) is 0 Å². The standard InChI is InChI=1S/C20H24N2O4S/c1-16(17-7-4-3-5-8-17)26-20(23)18-9-6-10-19(15-18)27(24,25)22-13-11-21(2)12-14-22/h3-10,15-16H,11-14H2,1-2H3/t16-/m0/s1. The van der Waals surface area contributed by atoms with Gasteiger partial charge in [0, 0.05) is 26.2 Å². The average molecular weight is 388 g/mol. The molecule has 0 spiro atoms. The van der Waals surface area contributed by atoms with Crippen LogP contribution in [0.4, 0.5) is 0 Å². The van der Waals surface area contributed by atoms with Crippen LogP contribution in [0.3, 0.4) is 0 Å². The van der Waals surface area contributed by atoms with E-state index in [1.165, 1.54) is 16.4 Å². The number of esters is 1. The minimum atomic E-state index is -3.62. The smallest absolute Gasteiger partial charge is 0.338 e. The highest BCUT2D eigenvalue weighted by atomic mass is 32.2. The Kier molecular flexibility index (Phi) is 5.94. The van der Waals surface area contributed by atoms with Gasteiger partial charge in [-0.05, 0) is 37.7 Å². The van der Waals surface area contributed by atoms with Gasteiger partial charge in [-0.3, -0.25) is 0 Å². The monoisotopic (exact) mass is 388 g/mol. The zero-order valence-electron chi connectivity index (χ0n) is 15.5. The number of hydrogen-bond donors (Lipinski definition) is 0. The number of rotatable bonds is 5. The number of benzene rings is 2. The van der Waals surface area contributed by atoms with Gasteiger partial charge in [-0.15, -0.1) is 0 Å². The SMILES string of the molecule is C[C@H](OC(=O)c1cccc(S(=O)(=O)N2CCN(C)CC2)c1)c1ccccc1. The lowest BCUT2D eigenvalue weighted by Gasteiger charge is -2.31. The lowest BCUT2D eigenvalue weighted by atomic mass is 10.1. The Hall–Kier alpha value is -2.22. The number of carbonyl (C=O) groups excluding carboxylic acids is 1. The Balaban J connectivity index is 1.76. The van der Waals surface area contributed by atoms with E-state index >= 15 is 0 Å². The van der Waals surface area contributed by atoms with Gasteiger partial charge >= 0.3 is 5.97 Å². The third-order valence-corrected chi connectivity index (χ3v) is 6.62. The Bertz CT molecular complexity index is 891. The second kappa shape index (κ2) is 8.21. The van der Waals surface area contributed by atoms with Gasteiger partial charge in [0.15, 0.2) is 0 Å². The van der Waals surface area contributed by atoms with Crippen molar-refractivity contribution < 1.29 is 17.9 Å². The summed E-state index contributed by atoms with van der Waals surface area (Å²) in [6.07, 6.45) is -0.420. The maximum absolute atomic E-state index is 12.9. The Morgan fingerprint density at radius 2 is 1.67 bits per heavy atom. The molecule has 1 heterocycles. The summed E-state index contributed by atoms with van der Waals surface area (Å²) in [6.45, 7) is 4.06. The van der Waals surface area contributed by atoms with Crippen molar-refractivity contribution in [2.24, 2.45) is 0 Å². The van der Waals surface area contributed by atoms with Crippen LogP contribution >= 0.6 is 0 Å². The first-order valence-electron chi connectivity index (χ1n) is 8.92. The number of sulfonamides is 1. The largest absolute Gasteiger partial charge is 0.454 e. The van der Waals surface area contributed by atoms with Gasteiger partial charge in [-0.1, -0.05) is 36.4 Å². The van der Waals surface area contributed by atoms with Crippen LogP contribution < -0.4 is 0 Å². The van der Waals surface area contributed by atoms with E-state index < -0.39 is 22.1 Å². The predicted octanol–water partition coefficient (Wildman–Crippen LogP) is 2.54. The summed E-state index contributed by atoms with van der Waals surface area (Å²) >= 11 is 0. The van der Waals surface area contributed by atoms with Crippen molar-refractivity contribution in [2.45, 2.75) is 17.9 Å². The molecule has 0 amide bonds. The number of ether oxygens (including phenoxy) is 1. The molecule has 1 fully saturated rings. The van der Waals surface area contributed by atoms with Crippen LogP contribution in [0.15, 0.2) is 59.5 Å². The van der Waals surface area contributed by atoms with Gasteiger partial charge < -0.3 is 9.64 Å². The summed E-state index contributed by atoms with van der Waals surface area (Å²) in [5.41, 5.74) is 1.11. The Morgan fingerprint density at radius 1 is 1.00 bits per heavy atom. The Labute approximate surface area is 160 Å². The van der Waals surface area contributed by atoms with E-state index in [9.17, 15) is 13.2 Å². The normalized spacial score (nSPS) is 17.4. The summed E-state index contributed by atoms with van der Waals surface area (Å²) < 4.78 is 32.7. The van der Waals surface area contributed by atoms with E-state index in [0.717, 1.165) is 5.56 Å². The topological polar surface area (TPSA) is 66.9 Å². The molecule has 0 saturated carbocycles. The van der Waals surface area contributed by atoms with Crippen molar-refractivity contribution in [1.82, 2.24) is 9.21 Å². The molecule has 3 rings (SSSR count). The molecule has 1 atom stereocenters. The Morgan fingerprint density at radius 3 is 2.33 bits per heavy atom. The molecule has 0 radical (unpaired) electrons. The molecular weight excluding hydrogens is 364 g/mol. The molecule has 0 N–H and O–H groups in total. The van der Waals surface area contributed by atoms with Crippen molar-refractivity contribution in [3.05, 3.63) is 65.7 Å². The summed E-state index contributed by atoms with van der Waals surface area (Å²) in [7, 11) is -1.66. The fourth-order valence-corrected chi connectivity index (χ4v) is 4.45. The molecule has 0 unspecified atom stereocenters. The predicted molar refractivity (Wildman–Crippen MR) is 103 cm³/mol. The molecule has 1 saturated heterocycles. The van der Waals surface area contributed by atoms with E-state index in [1.807, 2.05) is 37.4 Å². The maximum Gasteiger partial charge on any atom is 0.338 e. The molecule has 1 aliphatic rings. The lowest BCUT2D eigenvalue weighted by molar-refractivity contribution is 0.0337. The number of nitrogens with zero attached hydrogens (tertiary/aromatic N) is 2. The summed E-state index contributed by atoms with van der Waals surface area (Å²) in [5.74, 6) is -0.540. The maximum atomic E-state index is 12.9. The first-order chi connectivity index (χ1) is 12.9. The lowest BCUT2D eigenvalue weighted by Crippen LogP contribution is -2.47. The van der Waals surface area contributed by atoms with Crippen LogP contribution in [-0.2, 0) is 14.8 Å². The second-order valence-electron chi connectivity index (χ2n) is 6.69. The molecule has 6 nitrogen and oxygen atoms in total. The van der Waals surface area contributed by atoms with E-state index in [-0.39, 0.29) is 10.5 Å². The average Bonchev–Trinajstić information content (AvgIpc) is 2.69. The molecular formula is C20H24N2O4S. The zero-order chi connectivity index (χ0) is 19.4. The fraction of sp³-hybridized carbons (Fsp3) is 0.350. The minimum Gasteiger partial charge on any atom is -0.454 e. The summed E-state index contributed by atoms with van der Waals surface area (Å²) in [6, 6.07) is 15.5. The molecule has 2 aromatic carbocycles. The molecule has 1 aliphatic heterocycles. The van der Waals surface area contributed by atoms with Gasteiger partial charge in [0.1, 0.15) is 6.10 Å². The molecule has 144 valence electrons. The van der Waals surface area contributed by atoms with Gasteiger partial charge in [0.25, 0.3) is 0 Å². The van der Waals surface area contributed by atoms with Gasteiger partial charge in [-0.2, -0.15) is 4.31 Å². The van der Waals surface area contributed by atoms with Crippen molar-refractivity contribution in [3.8, 4) is 0 Å². The van der Waals surface area contributed by atoms with E-state index in [0.29, 0.717) is 26.2 Å².